The quantitative estimate of drug-likeness (QED) is 0.527. The monoisotopic (exact) mass is 379 g/mol. The molecule has 0 fully saturated rings. The first kappa shape index (κ1) is 18.1. The first-order valence-corrected chi connectivity index (χ1v) is 9.30. The van der Waals surface area contributed by atoms with Crippen molar-refractivity contribution >= 4 is 0 Å². The summed E-state index contributed by atoms with van der Waals surface area (Å²) in [6, 6.07) is 20.8. The Morgan fingerprint density at radius 3 is 1.26 bits per heavy atom. The molecular formula is C22H25Zr. The Bertz CT molecular complexity index is 656. The number of hydrogen-bond acceptors (Lipinski definition) is 0. The maximum atomic E-state index is 2.33. The Morgan fingerprint density at radius 1 is 0.652 bits per heavy atom. The molecule has 0 spiro atoms. The van der Waals surface area contributed by atoms with Crippen molar-refractivity contribution in [2.75, 3.05) is 0 Å². The fourth-order valence-electron chi connectivity index (χ4n) is 2.85. The summed E-state index contributed by atoms with van der Waals surface area (Å²) in [5, 5.41) is 0. The van der Waals surface area contributed by atoms with E-state index in [-0.39, 0.29) is 0 Å². The van der Waals surface area contributed by atoms with Crippen molar-refractivity contribution in [3.63, 3.8) is 0 Å². The molecule has 0 saturated carbocycles. The van der Waals surface area contributed by atoms with Gasteiger partial charge in [0.25, 0.3) is 0 Å². The molecule has 0 aliphatic heterocycles. The molecule has 1 aliphatic rings. The maximum absolute atomic E-state index is 2.33. The van der Waals surface area contributed by atoms with Gasteiger partial charge in [-0.2, -0.15) is 0 Å². The molecule has 0 nitrogen and oxygen atoms in total. The van der Waals surface area contributed by atoms with Crippen LogP contribution in [0.2, 0.25) is 0 Å². The van der Waals surface area contributed by atoms with Crippen molar-refractivity contribution in [3.8, 4) is 11.1 Å². The molecule has 0 heterocycles. The summed E-state index contributed by atoms with van der Waals surface area (Å²) in [6.07, 6.45) is 0. The first-order chi connectivity index (χ1) is 10.9. The molecule has 0 unspecified atom stereocenters. The predicted octanol–water partition coefficient (Wildman–Crippen LogP) is 6.54. The van der Waals surface area contributed by atoms with E-state index >= 15 is 0 Å². The van der Waals surface area contributed by atoms with Crippen LogP contribution in [0.3, 0.4) is 0 Å². The van der Waals surface area contributed by atoms with E-state index in [9.17, 15) is 0 Å². The van der Waals surface area contributed by atoms with Crippen molar-refractivity contribution in [3.05, 3.63) is 80.7 Å². The average molecular weight is 381 g/mol. The Hall–Kier alpha value is -1.20. The van der Waals surface area contributed by atoms with E-state index in [1.807, 2.05) is 12.1 Å². The molecule has 0 atom stereocenters. The second-order valence-electron chi connectivity index (χ2n) is 6.61. The van der Waals surface area contributed by atoms with Crippen LogP contribution in [0.25, 0.3) is 11.1 Å². The molecule has 117 valence electrons. The maximum Gasteiger partial charge on any atom is -0.0184 e. The fraction of sp³-hybridized carbons (Fsp3) is 0.273. The number of benzene rings is 2. The van der Waals surface area contributed by atoms with E-state index in [1.54, 1.807) is 33.6 Å². The molecule has 1 aliphatic carbocycles. The molecule has 0 bridgehead atoms. The summed E-state index contributed by atoms with van der Waals surface area (Å²) in [5.41, 5.74) is 7.51. The van der Waals surface area contributed by atoms with Crippen LogP contribution in [-0.2, 0) is 24.7 Å². The van der Waals surface area contributed by atoms with E-state index in [0.717, 1.165) is 0 Å². The second-order valence-corrected chi connectivity index (χ2v) is 7.84. The minimum Gasteiger partial charge on any atom is -0.0622 e. The second kappa shape index (κ2) is 7.58. The summed E-state index contributed by atoms with van der Waals surface area (Å²) < 4.78 is 1.62. The topological polar surface area (TPSA) is 0 Å². The van der Waals surface area contributed by atoms with E-state index in [0.29, 0.717) is 5.41 Å². The van der Waals surface area contributed by atoms with Gasteiger partial charge in [0.15, 0.2) is 0 Å². The molecule has 2 aromatic rings. The summed E-state index contributed by atoms with van der Waals surface area (Å²) in [6.45, 7) is 11.4. The third kappa shape index (κ3) is 4.01. The van der Waals surface area contributed by atoms with E-state index in [4.69, 9.17) is 0 Å². The molecule has 0 N–H and O–H groups in total. The van der Waals surface area contributed by atoms with Crippen LogP contribution in [0, 0.1) is 5.41 Å². The Labute approximate surface area is 156 Å². The minimum atomic E-state index is 0.354. The van der Waals surface area contributed by atoms with Crippen LogP contribution in [0.15, 0.2) is 80.7 Å². The zero-order valence-corrected chi connectivity index (χ0v) is 17.2. The van der Waals surface area contributed by atoms with Gasteiger partial charge in [-0.25, -0.2) is 0 Å². The largest absolute Gasteiger partial charge is 0.0622 e. The summed E-state index contributed by atoms with van der Waals surface area (Å²) in [7, 11) is 0. The van der Waals surface area contributed by atoms with Crippen molar-refractivity contribution in [1.29, 1.82) is 0 Å². The smallest absolute Gasteiger partial charge is 0.0184 e. The number of hydrogen-bond donors (Lipinski definition) is 0. The van der Waals surface area contributed by atoms with Gasteiger partial charge >= 0.3 is 84.8 Å². The third-order valence-electron chi connectivity index (χ3n) is 4.94. The molecule has 23 heavy (non-hydrogen) atoms. The van der Waals surface area contributed by atoms with Gasteiger partial charge in [0.1, 0.15) is 0 Å². The Morgan fingerprint density at radius 2 is 1.04 bits per heavy atom. The van der Waals surface area contributed by atoms with Gasteiger partial charge in [-0.1, -0.05) is 60.7 Å². The predicted molar refractivity (Wildman–Crippen MR) is 96.7 cm³/mol. The average Bonchev–Trinajstić information content (AvgIpc) is 2.72. The fourth-order valence-corrected chi connectivity index (χ4v) is 3.78. The standard InChI is InChI=1S/C12H10.C10H15.Zr/c1-3-7-11(8-4-1)12-9-5-2-6-10-12;1-7-6-10(4,5)9(3)8(7)2;/h1-10H;1-5H3;. The number of allylic oxidation sites excluding steroid dienone is 4. The van der Waals surface area contributed by atoms with Crippen molar-refractivity contribution in [2.24, 2.45) is 5.41 Å². The van der Waals surface area contributed by atoms with E-state index < -0.39 is 0 Å². The van der Waals surface area contributed by atoms with Gasteiger partial charge in [-0.05, 0) is 11.1 Å². The molecule has 1 heteroatoms. The number of rotatable bonds is 1. The van der Waals surface area contributed by atoms with Crippen LogP contribution in [0.4, 0.5) is 0 Å². The summed E-state index contributed by atoms with van der Waals surface area (Å²) in [5.74, 6) is 0. The third-order valence-corrected chi connectivity index (χ3v) is 7.40. The van der Waals surface area contributed by atoms with Crippen molar-refractivity contribution in [1.82, 2.24) is 0 Å². The van der Waals surface area contributed by atoms with Crippen molar-refractivity contribution < 1.29 is 24.7 Å². The molecule has 0 saturated heterocycles. The Kier molecular flexibility index (Phi) is 5.98. The minimum absolute atomic E-state index is 0.354. The van der Waals surface area contributed by atoms with Gasteiger partial charge < -0.3 is 0 Å². The van der Waals surface area contributed by atoms with Crippen LogP contribution in [-0.4, -0.2) is 0 Å². The molecule has 0 amide bonds. The zero-order valence-electron chi connectivity index (χ0n) is 14.8. The summed E-state index contributed by atoms with van der Waals surface area (Å²) >= 11 is 1.57. The van der Waals surface area contributed by atoms with Crippen LogP contribution >= 0.6 is 0 Å². The van der Waals surface area contributed by atoms with Gasteiger partial charge in [0.2, 0.25) is 0 Å². The normalized spacial score (nSPS) is 16.2. The van der Waals surface area contributed by atoms with Crippen LogP contribution in [0.1, 0.15) is 34.6 Å². The van der Waals surface area contributed by atoms with Crippen molar-refractivity contribution in [2.45, 2.75) is 34.6 Å². The summed E-state index contributed by atoms with van der Waals surface area (Å²) in [4.78, 5) is 0. The van der Waals surface area contributed by atoms with Gasteiger partial charge in [-0.3, -0.25) is 0 Å². The molecule has 0 aromatic heterocycles. The van der Waals surface area contributed by atoms with Crippen LogP contribution < -0.4 is 0 Å². The zero-order chi connectivity index (χ0) is 17.0. The van der Waals surface area contributed by atoms with E-state index in [1.165, 1.54) is 22.3 Å². The van der Waals surface area contributed by atoms with Gasteiger partial charge in [0.05, 0.1) is 0 Å². The van der Waals surface area contributed by atoms with Gasteiger partial charge in [0, 0.05) is 0 Å². The molecule has 0 radical (unpaired) electrons. The van der Waals surface area contributed by atoms with Gasteiger partial charge in [-0.15, -0.1) is 0 Å². The first-order valence-electron chi connectivity index (χ1n) is 8.07. The molecular weight excluding hydrogens is 355 g/mol. The Balaban J connectivity index is 0.000000168. The van der Waals surface area contributed by atoms with E-state index in [2.05, 4.69) is 83.1 Å². The SMILES string of the molecule is CC1=C(C)C(C)(C)[C]([Zr])=C1C.c1ccc(-c2ccccc2)cc1. The van der Waals surface area contributed by atoms with Crippen LogP contribution in [0.5, 0.6) is 0 Å². The molecule has 2 aromatic carbocycles. The molecule has 3 rings (SSSR count).